The third-order valence-electron chi connectivity index (χ3n) is 6.01. The van der Waals surface area contributed by atoms with Crippen molar-refractivity contribution in [2.75, 3.05) is 32.8 Å². The Balaban J connectivity index is 1.21. The number of aromatic nitrogens is 2. The molecule has 29 heavy (non-hydrogen) atoms. The number of halogens is 1. The molecule has 0 unspecified atom stereocenters. The van der Waals surface area contributed by atoms with Gasteiger partial charge >= 0.3 is 0 Å². The maximum atomic E-state index is 12.3. The van der Waals surface area contributed by atoms with Gasteiger partial charge < -0.3 is 19.5 Å². The van der Waals surface area contributed by atoms with E-state index >= 15 is 0 Å². The van der Waals surface area contributed by atoms with Crippen molar-refractivity contribution in [3.63, 3.8) is 0 Å². The van der Waals surface area contributed by atoms with E-state index in [1.807, 2.05) is 0 Å². The monoisotopic (exact) mass is 412 g/mol. The van der Waals surface area contributed by atoms with Gasteiger partial charge in [-0.15, -0.1) is 0 Å². The van der Waals surface area contributed by atoms with Crippen molar-refractivity contribution in [1.29, 1.82) is 0 Å². The smallest absolute Gasteiger partial charge is 0.258 e. The third-order valence-corrected chi connectivity index (χ3v) is 6.24. The van der Waals surface area contributed by atoms with E-state index in [1.54, 1.807) is 23.1 Å². The summed E-state index contributed by atoms with van der Waals surface area (Å²) in [5.41, 5.74) is 3.31. The van der Waals surface area contributed by atoms with E-state index in [0.29, 0.717) is 15.9 Å². The van der Waals surface area contributed by atoms with Crippen LogP contribution in [0.2, 0.25) is 5.02 Å². The molecule has 1 aromatic heterocycles. The molecule has 5 rings (SSSR count). The molecule has 6 nitrogen and oxygen atoms in total. The number of benzene rings is 2. The molecule has 0 saturated carbocycles. The summed E-state index contributed by atoms with van der Waals surface area (Å²) < 4.78 is 5.61. The lowest BCUT2D eigenvalue weighted by molar-refractivity contribution is -1.02. The fourth-order valence-electron chi connectivity index (χ4n) is 4.43. The molecule has 2 aliphatic heterocycles. The Morgan fingerprint density at radius 3 is 2.66 bits per heavy atom. The summed E-state index contributed by atoms with van der Waals surface area (Å²) in [4.78, 5) is 23.0. The minimum atomic E-state index is -0.0917. The molecular weight excluding hydrogens is 388 g/mol. The van der Waals surface area contributed by atoms with Gasteiger partial charge in [0.25, 0.3) is 5.56 Å². The van der Waals surface area contributed by atoms with E-state index in [9.17, 15) is 4.79 Å². The summed E-state index contributed by atoms with van der Waals surface area (Å²) in [5.74, 6) is 1.79. The lowest BCUT2D eigenvalue weighted by Crippen LogP contribution is -3.27. The van der Waals surface area contributed by atoms with Crippen LogP contribution < -0.4 is 20.1 Å². The van der Waals surface area contributed by atoms with E-state index in [2.05, 4.69) is 28.2 Å². The highest BCUT2D eigenvalue weighted by atomic mass is 35.5. The van der Waals surface area contributed by atoms with Crippen molar-refractivity contribution in [2.45, 2.75) is 19.5 Å². The first-order chi connectivity index (χ1) is 14.1. The fourth-order valence-corrected chi connectivity index (χ4v) is 4.60. The molecule has 3 heterocycles. The SMILES string of the molecule is O=c1[nH]c(C[NH+]2CC[NH+](Cc3ccc4c(c3)CCO4)CC2)nc2cc(Cl)ccc12. The zero-order chi connectivity index (χ0) is 19.8. The summed E-state index contributed by atoms with van der Waals surface area (Å²) in [6.07, 6.45) is 1.03. The number of nitrogens with zero attached hydrogens (tertiary/aromatic N) is 1. The van der Waals surface area contributed by atoms with Gasteiger partial charge in [0.15, 0.2) is 5.82 Å². The Morgan fingerprint density at radius 1 is 1.03 bits per heavy atom. The average molecular weight is 413 g/mol. The number of hydrogen-bond donors (Lipinski definition) is 3. The maximum Gasteiger partial charge on any atom is 0.258 e. The highest BCUT2D eigenvalue weighted by Gasteiger charge is 2.24. The number of quaternary nitrogens is 2. The molecule has 2 aliphatic rings. The number of ether oxygens (including phenoxy) is 1. The molecule has 3 aromatic rings. The Morgan fingerprint density at radius 2 is 1.83 bits per heavy atom. The van der Waals surface area contributed by atoms with Crippen molar-refractivity contribution in [2.24, 2.45) is 0 Å². The van der Waals surface area contributed by atoms with Crippen LogP contribution in [0.5, 0.6) is 5.75 Å². The highest BCUT2D eigenvalue weighted by Crippen LogP contribution is 2.25. The van der Waals surface area contributed by atoms with Crippen molar-refractivity contribution >= 4 is 22.5 Å². The maximum absolute atomic E-state index is 12.3. The topological polar surface area (TPSA) is 63.9 Å². The number of rotatable bonds is 4. The van der Waals surface area contributed by atoms with Crippen LogP contribution in [0.3, 0.4) is 0 Å². The molecule has 0 spiro atoms. The molecular formula is C22H25ClN4O2+2. The van der Waals surface area contributed by atoms with Crippen LogP contribution in [0, 0.1) is 0 Å². The number of fused-ring (bicyclic) bond motifs is 2. The minimum Gasteiger partial charge on any atom is -0.493 e. The van der Waals surface area contributed by atoms with Gasteiger partial charge in [0, 0.05) is 17.0 Å². The Bertz CT molecular complexity index is 1110. The second-order valence-electron chi connectivity index (χ2n) is 8.07. The Kier molecular flexibility index (Phi) is 4.99. The predicted octanol–water partition coefficient (Wildman–Crippen LogP) is -0.00500. The molecule has 2 aromatic carbocycles. The van der Waals surface area contributed by atoms with Gasteiger partial charge in [0.2, 0.25) is 0 Å². The van der Waals surface area contributed by atoms with Gasteiger partial charge in [-0.25, -0.2) is 4.98 Å². The molecule has 1 fully saturated rings. The van der Waals surface area contributed by atoms with E-state index in [0.717, 1.165) is 63.9 Å². The zero-order valence-electron chi connectivity index (χ0n) is 16.3. The Hall–Kier alpha value is -2.41. The van der Waals surface area contributed by atoms with Crippen LogP contribution in [0.15, 0.2) is 41.2 Å². The van der Waals surface area contributed by atoms with Crippen molar-refractivity contribution < 1.29 is 14.5 Å². The molecule has 0 bridgehead atoms. The molecule has 7 heteroatoms. The lowest BCUT2D eigenvalue weighted by atomic mass is 10.1. The molecule has 0 radical (unpaired) electrons. The van der Waals surface area contributed by atoms with Gasteiger partial charge in [-0.3, -0.25) is 4.79 Å². The summed E-state index contributed by atoms with van der Waals surface area (Å²) >= 11 is 6.06. The van der Waals surface area contributed by atoms with Crippen LogP contribution in [-0.4, -0.2) is 42.8 Å². The van der Waals surface area contributed by atoms with E-state index in [4.69, 9.17) is 16.3 Å². The first-order valence-corrected chi connectivity index (χ1v) is 10.6. The summed E-state index contributed by atoms with van der Waals surface area (Å²) in [5, 5.41) is 1.19. The first kappa shape index (κ1) is 18.6. The number of piperazine rings is 1. The Labute approximate surface area is 174 Å². The van der Waals surface area contributed by atoms with Crippen LogP contribution in [0.25, 0.3) is 10.9 Å². The van der Waals surface area contributed by atoms with Gasteiger partial charge in [-0.05, 0) is 42.0 Å². The molecule has 0 atom stereocenters. The molecule has 1 saturated heterocycles. The summed E-state index contributed by atoms with van der Waals surface area (Å²) in [7, 11) is 0. The number of nitrogens with one attached hydrogen (secondary N) is 3. The molecule has 0 amide bonds. The second-order valence-corrected chi connectivity index (χ2v) is 8.50. The molecule has 150 valence electrons. The number of H-pyrrole nitrogens is 1. The second kappa shape index (κ2) is 7.78. The predicted molar refractivity (Wildman–Crippen MR) is 112 cm³/mol. The zero-order valence-corrected chi connectivity index (χ0v) is 17.0. The van der Waals surface area contributed by atoms with Gasteiger partial charge in [0.05, 0.1) is 17.5 Å². The van der Waals surface area contributed by atoms with Crippen molar-refractivity contribution in [3.8, 4) is 5.75 Å². The lowest BCUT2D eigenvalue weighted by Gasteiger charge is -2.29. The van der Waals surface area contributed by atoms with Gasteiger partial charge in [0.1, 0.15) is 45.0 Å². The normalized spacial score (nSPS) is 21.1. The largest absolute Gasteiger partial charge is 0.493 e. The van der Waals surface area contributed by atoms with Gasteiger partial charge in [-0.2, -0.15) is 0 Å². The van der Waals surface area contributed by atoms with Crippen molar-refractivity contribution in [1.82, 2.24) is 9.97 Å². The van der Waals surface area contributed by atoms with Crippen LogP contribution in [-0.2, 0) is 19.5 Å². The van der Waals surface area contributed by atoms with Crippen LogP contribution >= 0.6 is 11.6 Å². The third kappa shape index (κ3) is 4.01. The minimum absolute atomic E-state index is 0.0917. The summed E-state index contributed by atoms with van der Waals surface area (Å²) in [6.45, 7) is 6.98. The summed E-state index contributed by atoms with van der Waals surface area (Å²) in [6, 6.07) is 11.8. The molecule has 0 aliphatic carbocycles. The number of aromatic amines is 1. The van der Waals surface area contributed by atoms with E-state index < -0.39 is 0 Å². The fraction of sp³-hybridized carbons (Fsp3) is 0.364. The quantitative estimate of drug-likeness (QED) is 0.565. The standard InChI is InChI=1S/C22H23ClN4O2/c23-17-2-3-18-19(12-17)24-21(25-22(18)28)14-27-8-6-26(7-9-27)13-15-1-4-20-16(11-15)5-10-29-20/h1-4,11-12H,5-10,13-14H2,(H,24,25,28)/p+2. The van der Waals surface area contributed by atoms with Gasteiger partial charge in [-0.1, -0.05) is 11.6 Å². The number of hydrogen-bond acceptors (Lipinski definition) is 3. The van der Waals surface area contributed by atoms with Crippen molar-refractivity contribution in [3.05, 3.63) is 68.7 Å². The highest BCUT2D eigenvalue weighted by molar-refractivity contribution is 6.31. The first-order valence-electron chi connectivity index (χ1n) is 10.2. The van der Waals surface area contributed by atoms with E-state index in [1.165, 1.54) is 16.0 Å². The van der Waals surface area contributed by atoms with Crippen LogP contribution in [0.4, 0.5) is 0 Å². The molecule has 3 N–H and O–H groups in total. The van der Waals surface area contributed by atoms with E-state index in [-0.39, 0.29) is 5.56 Å². The average Bonchev–Trinajstić information content (AvgIpc) is 3.17. The van der Waals surface area contributed by atoms with Crippen LogP contribution in [0.1, 0.15) is 17.0 Å².